The van der Waals surface area contributed by atoms with E-state index < -0.39 is 0 Å². The minimum absolute atomic E-state index is 0.210. The summed E-state index contributed by atoms with van der Waals surface area (Å²) >= 11 is 0. The summed E-state index contributed by atoms with van der Waals surface area (Å²) in [7, 11) is 0. The number of ether oxygens (including phenoxy) is 1. The first kappa shape index (κ1) is 11.2. The SMILES string of the molecule is CCC[C@@H]1CCOC(=O)CCC(=O)C1. The second-order valence-electron chi connectivity index (χ2n) is 3.91. The van der Waals surface area contributed by atoms with Gasteiger partial charge in [0.05, 0.1) is 13.0 Å². The Hall–Kier alpha value is -0.860. The third kappa shape index (κ3) is 3.90. The van der Waals surface area contributed by atoms with Gasteiger partial charge in [0.25, 0.3) is 0 Å². The second kappa shape index (κ2) is 5.78. The van der Waals surface area contributed by atoms with Gasteiger partial charge in [-0.25, -0.2) is 0 Å². The van der Waals surface area contributed by atoms with Gasteiger partial charge in [-0.3, -0.25) is 9.59 Å². The van der Waals surface area contributed by atoms with E-state index in [4.69, 9.17) is 4.74 Å². The minimum atomic E-state index is -0.226. The van der Waals surface area contributed by atoms with E-state index in [1.807, 2.05) is 0 Å². The van der Waals surface area contributed by atoms with Crippen LogP contribution in [0.5, 0.6) is 0 Å². The fraction of sp³-hybridized carbons (Fsp3) is 0.818. The first-order valence-corrected chi connectivity index (χ1v) is 5.39. The lowest BCUT2D eigenvalue weighted by molar-refractivity contribution is -0.144. The van der Waals surface area contributed by atoms with Crippen LogP contribution in [-0.4, -0.2) is 18.4 Å². The number of rotatable bonds is 2. The second-order valence-corrected chi connectivity index (χ2v) is 3.91. The van der Waals surface area contributed by atoms with E-state index in [0.29, 0.717) is 25.4 Å². The van der Waals surface area contributed by atoms with Crippen LogP contribution in [0.25, 0.3) is 0 Å². The summed E-state index contributed by atoms with van der Waals surface area (Å²) in [5.41, 5.74) is 0. The van der Waals surface area contributed by atoms with E-state index >= 15 is 0 Å². The average Bonchev–Trinajstić information content (AvgIpc) is 2.20. The molecule has 3 heteroatoms. The number of cyclic esters (lactones) is 1. The third-order valence-electron chi connectivity index (χ3n) is 2.61. The zero-order valence-corrected chi connectivity index (χ0v) is 8.75. The summed E-state index contributed by atoms with van der Waals surface area (Å²) in [6.07, 6.45) is 4.24. The standard InChI is InChI=1S/C11H18O3/c1-2-3-9-6-7-14-11(13)5-4-10(12)8-9/h9H,2-8H2,1H3/t9-/m1/s1. The van der Waals surface area contributed by atoms with Crippen molar-refractivity contribution in [3.8, 4) is 0 Å². The maximum absolute atomic E-state index is 11.4. The third-order valence-corrected chi connectivity index (χ3v) is 2.61. The molecule has 1 saturated heterocycles. The molecule has 1 aliphatic rings. The molecule has 0 unspecified atom stereocenters. The predicted molar refractivity (Wildman–Crippen MR) is 52.8 cm³/mol. The van der Waals surface area contributed by atoms with Gasteiger partial charge in [0.15, 0.2) is 0 Å². The van der Waals surface area contributed by atoms with Crippen LogP contribution in [0.3, 0.4) is 0 Å². The van der Waals surface area contributed by atoms with Crippen LogP contribution >= 0.6 is 0 Å². The largest absolute Gasteiger partial charge is 0.466 e. The van der Waals surface area contributed by atoms with Crippen LogP contribution in [0.4, 0.5) is 0 Å². The summed E-state index contributed by atoms with van der Waals surface area (Å²) in [5.74, 6) is 0.399. The van der Waals surface area contributed by atoms with Crippen LogP contribution in [0, 0.1) is 5.92 Å². The van der Waals surface area contributed by atoms with Gasteiger partial charge in [-0.1, -0.05) is 19.8 Å². The normalized spacial score (nSPS) is 24.8. The van der Waals surface area contributed by atoms with Gasteiger partial charge in [0.1, 0.15) is 5.78 Å². The number of carbonyl (C=O) groups is 2. The lowest BCUT2D eigenvalue weighted by atomic mass is 9.93. The highest BCUT2D eigenvalue weighted by molar-refractivity contribution is 5.83. The molecule has 0 aromatic carbocycles. The maximum atomic E-state index is 11.4. The number of hydrogen-bond acceptors (Lipinski definition) is 3. The Morgan fingerprint density at radius 3 is 2.86 bits per heavy atom. The molecule has 0 radical (unpaired) electrons. The van der Waals surface area contributed by atoms with Crippen molar-refractivity contribution < 1.29 is 14.3 Å². The number of esters is 1. The molecule has 0 aromatic rings. The van der Waals surface area contributed by atoms with Crippen molar-refractivity contribution in [3.05, 3.63) is 0 Å². The highest BCUT2D eigenvalue weighted by atomic mass is 16.5. The molecule has 1 atom stereocenters. The number of Topliss-reactive ketones (excluding diaryl/α,β-unsaturated/α-hetero) is 1. The molecule has 1 fully saturated rings. The number of carbonyl (C=O) groups excluding carboxylic acids is 2. The first-order chi connectivity index (χ1) is 6.72. The lowest BCUT2D eigenvalue weighted by Gasteiger charge is -2.12. The molecule has 0 aromatic heterocycles. The van der Waals surface area contributed by atoms with Gasteiger partial charge < -0.3 is 4.74 Å². The Morgan fingerprint density at radius 1 is 1.36 bits per heavy atom. The molecule has 0 bridgehead atoms. The predicted octanol–water partition coefficient (Wildman–Crippen LogP) is 2.09. The van der Waals surface area contributed by atoms with E-state index in [9.17, 15) is 9.59 Å². The van der Waals surface area contributed by atoms with E-state index in [1.165, 1.54) is 0 Å². The van der Waals surface area contributed by atoms with Crippen LogP contribution in [0.1, 0.15) is 45.4 Å². The Balaban J connectivity index is 2.47. The van der Waals surface area contributed by atoms with Gasteiger partial charge in [-0.2, -0.15) is 0 Å². The van der Waals surface area contributed by atoms with Crippen molar-refractivity contribution in [1.29, 1.82) is 0 Å². The first-order valence-electron chi connectivity index (χ1n) is 5.39. The number of hydrogen-bond donors (Lipinski definition) is 0. The van der Waals surface area contributed by atoms with Gasteiger partial charge in [0, 0.05) is 12.8 Å². The Labute approximate surface area is 84.8 Å². The molecule has 0 saturated carbocycles. The quantitative estimate of drug-likeness (QED) is 0.638. The fourth-order valence-corrected chi connectivity index (χ4v) is 1.83. The van der Waals surface area contributed by atoms with Gasteiger partial charge in [-0.05, 0) is 12.3 Å². The molecule has 0 spiro atoms. The lowest BCUT2D eigenvalue weighted by Crippen LogP contribution is -2.09. The molecule has 1 rings (SSSR count). The molecule has 3 nitrogen and oxygen atoms in total. The highest BCUT2D eigenvalue weighted by Gasteiger charge is 2.17. The van der Waals surface area contributed by atoms with Gasteiger partial charge in [0.2, 0.25) is 0 Å². The Kier molecular flexibility index (Phi) is 4.63. The van der Waals surface area contributed by atoms with Crippen LogP contribution < -0.4 is 0 Å². The maximum Gasteiger partial charge on any atom is 0.306 e. The molecule has 80 valence electrons. The Bertz CT molecular complexity index is 211. The molecular formula is C11H18O3. The molecule has 0 aliphatic carbocycles. The minimum Gasteiger partial charge on any atom is -0.466 e. The monoisotopic (exact) mass is 198 g/mol. The fourth-order valence-electron chi connectivity index (χ4n) is 1.83. The van der Waals surface area contributed by atoms with Crippen LogP contribution in [-0.2, 0) is 14.3 Å². The van der Waals surface area contributed by atoms with Crippen molar-refractivity contribution in [3.63, 3.8) is 0 Å². The van der Waals surface area contributed by atoms with E-state index in [0.717, 1.165) is 19.3 Å². The van der Waals surface area contributed by atoms with Crippen LogP contribution in [0.15, 0.2) is 0 Å². The van der Waals surface area contributed by atoms with Gasteiger partial charge in [-0.15, -0.1) is 0 Å². The molecule has 0 N–H and O–H groups in total. The summed E-state index contributed by atoms with van der Waals surface area (Å²) < 4.78 is 5.00. The van der Waals surface area contributed by atoms with E-state index in [1.54, 1.807) is 0 Å². The average molecular weight is 198 g/mol. The van der Waals surface area contributed by atoms with Crippen molar-refractivity contribution in [2.24, 2.45) is 5.92 Å². The zero-order valence-electron chi connectivity index (χ0n) is 8.75. The van der Waals surface area contributed by atoms with Crippen LogP contribution in [0.2, 0.25) is 0 Å². The molecular weight excluding hydrogens is 180 g/mol. The molecule has 1 heterocycles. The topological polar surface area (TPSA) is 43.4 Å². The van der Waals surface area contributed by atoms with Gasteiger partial charge >= 0.3 is 5.97 Å². The molecule has 1 aliphatic heterocycles. The summed E-state index contributed by atoms with van der Waals surface area (Å²) in [4.78, 5) is 22.4. The van der Waals surface area contributed by atoms with Crippen molar-refractivity contribution in [2.45, 2.75) is 45.4 Å². The van der Waals surface area contributed by atoms with Crippen molar-refractivity contribution >= 4 is 11.8 Å². The Morgan fingerprint density at radius 2 is 2.14 bits per heavy atom. The van der Waals surface area contributed by atoms with Crippen molar-refractivity contribution in [1.82, 2.24) is 0 Å². The summed E-state index contributed by atoms with van der Waals surface area (Å²) in [5, 5.41) is 0. The summed E-state index contributed by atoms with van der Waals surface area (Å²) in [6, 6.07) is 0. The highest BCUT2D eigenvalue weighted by Crippen LogP contribution is 2.19. The van der Waals surface area contributed by atoms with E-state index in [-0.39, 0.29) is 18.2 Å². The molecule has 0 amide bonds. The van der Waals surface area contributed by atoms with Crippen molar-refractivity contribution in [2.75, 3.05) is 6.61 Å². The zero-order chi connectivity index (χ0) is 10.4. The van der Waals surface area contributed by atoms with E-state index in [2.05, 4.69) is 6.92 Å². The number of ketones is 1. The molecule has 14 heavy (non-hydrogen) atoms. The smallest absolute Gasteiger partial charge is 0.306 e. The summed E-state index contributed by atoms with van der Waals surface area (Å²) in [6.45, 7) is 2.60.